The number of aryl methyl sites for hydroxylation is 1. The summed E-state index contributed by atoms with van der Waals surface area (Å²) in [5, 5.41) is 16.9. The van der Waals surface area contributed by atoms with Gasteiger partial charge in [0, 0.05) is 17.5 Å². The first-order valence-electron chi connectivity index (χ1n) is 8.78. The van der Waals surface area contributed by atoms with Gasteiger partial charge in [0.1, 0.15) is 0 Å². The van der Waals surface area contributed by atoms with Gasteiger partial charge in [0.15, 0.2) is 16.1 Å². The number of anilines is 1. The topological polar surface area (TPSA) is 102 Å². The second-order valence-electron chi connectivity index (χ2n) is 5.98. The number of aromatic nitrogens is 4. The van der Waals surface area contributed by atoms with E-state index in [9.17, 15) is 9.59 Å². The van der Waals surface area contributed by atoms with Crippen LogP contribution in [0.25, 0.3) is 0 Å². The Morgan fingerprint density at radius 1 is 1.28 bits per heavy atom. The number of rotatable bonds is 9. The number of hydrogen-bond donors (Lipinski definition) is 2. The minimum atomic E-state index is -0.189. The van der Waals surface area contributed by atoms with Crippen molar-refractivity contribution in [1.82, 2.24) is 25.1 Å². The summed E-state index contributed by atoms with van der Waals surface area (Å²) < 4.78 is 1.82. The highest BCUT2D eigenvalue weighted by Crippen LogP contribution is 2.19. The normalized spacial score (nSPS) is 10.5. The van der Waals surface area contributed by atoms with Crippen LogP contribution >= 0.6 is 23.1 Å². The van der Waals surface area contributed by atoms with Crippen molar-refractivity contribution < 1.29 is 9.59 Å². The molecule has 3 aromatic rings. The molecule has 3 rings (SSSR count). The maximum atomic E-state index is 12.2. The van der Waals surface area contributed by atoms with Crippen LogP contribution in [-0.2, 0) is 17.9 Å². The highest BCUT2D eigenvalue weighted by atomic mass is 32.2. The Morgan fingerprint density at radius 3 is 2.76 bits per heavy atom. The van der Waals surface area contributed by atoms with Crippen molar-refractivity contribution in [2.75, 3.05) is 11.1 Å². The quantitative estimate of drug-likeness (QED) is 0.401. The van der Waals surface area contributed by atoms with E-state index in [0.717, 1.165) is 5.69 Å². The molecule has 0 aliphatic heterocycles. The summed E-state index contributed by atoms with van der Waals surface area (Å²) in [6, 6.07) is 8.96. The third-order valence-electron chi connectivity index (χ3n) is 3.75. The number of nitrogens with zero attached hydrogens (tertiary/aromatic N) is 4. The van der Waals surface area contributed by atoms with Crippen molar-refractivity contribution in [3.63, 3.8) is 0 Å². The van der Waals surface area contributed by atoms with Crippen molar-refractivity contribution in [1.29, 1.82) is 0 Å². The lowest BCUT2D eigenvalue weighted by Crippen LogP contribution is -2.24. The molecule has 0 saturated heterocycles. The maximum Gasteiger partial charge on any atom is 0.251 e. The van der Waals surface area contributed by atoms with E-state index in [2.05, 4.69) is 32.4 Å². The Balaban J connectivity index is 1.59. The average molecular weight is 429 g/mol. The van der Waals surface area contributed by atoms with E-state index in [4.69, 9.17) is 0 Å². The van der Waals surface area contributed by atoms with E-state index in [1.54, 1.807) is 18.2 Å². The first-order valence-corrected chi connectivity index (χ1v) is 10.6. The van der Waals surface area contributed by atoms with Gasteiger partial charge in [0.2, 0.25) is 5.91 Å². The van der Waals surface area contributed by atoms with Crippen LogP contribution in [0.3, 0.4) is 0 Å². The van der Waals surface area contributed by atoms with Crippen LogP contribution < -0.4 is 10.6 Å². The van der Waals surface area contributed by atoms with E-state index < -0.39 is 0 Å². The Kier molecular flexibility index (Phi) is 7.14. The predicted octanol–water partition coefficient (Wildman–Crippen LogP) is 2.89. The SMILES string of the molecule is C=CCn1c(CNC(=O)c2ccccc2)nnc1SCC(=O)Nc1nc(C)cs1. The lowest BCUT2D eigenvalue weighted by molar-refractivity contribution is -0.113. The fourth-order valence-electron chi connectivity index (χ4n) is 2.42. The highest BCUT2D eigenvalue weighted by Gasteiger charge is 2.15. The van der Waals surface area contributed by atoms with Gasteiger partial charge in [-0.15, -0.1) is 28.1 Å². The molecule has 0 radical (unpaired) electrons. The third-order valence-corrected chi connectivity index (χ3v) is 5.59. The molecule has 10 heteroatoms. The van der Waals surface area contributed by atoms with Crippen LogP contribution in [0.1, 0.15) is 21.9 Å². The van der Waals surface area contributed by atoms with Crippen LogP contribution in [-0.4, -0.2) is 37.3 Å². The standard InChI is InChI=1S/C19H20N6O2S2/c1-3-9-25-15(10-20-17(27)14-7-5-4-6-8-14)23-24-19(25)29-12-16(26)22-18-21-13(2)11-28-18/h3-8,11H,1,9-10,12H2,2H3,(H,20,27)(H,21,22,26). The molecule has 2 N–H and O–H groups in total. The monoisotopic (exact) mass is 428 g/mol. The molecule has 0 fully saturated rings. The van der Waals surface area contributed by atoms with E-state index in [-0.39, 0.29) is 24.1 Å². The molecule has 150 valence electrons. The number of benzene rings is 1. The predicted molar refractivity (Wildman–Crippen MR) is 114 cm³/mol. The summed E-state index contributed by atoms with van der Waals surface area (Å²) in [5.41, 5.74) is 1.44. The molecule has 0 aliphatic carbocycles. The van der Waals surface area contributed by atoms with Crippen LogP contribution in [0.2, 0.25) is 0 Å². The molecule has 0 aliphatic rings. The lowest BCUT2D eigenvalue weighted by atomic mass is 10.2. The van der Waals surface area contributed by atoms with Crippen LogP contribution in [0.5, 0.6) is 0 Å². The number of carbonyl (C=O) groups is 2. The molecule has 2 aromatic heterocycles. The summed E-state index contributed by atoms with van der Waals surface area (Å²) in [6.45, 7) is 6.32. The van der Waals surface area contributed by atoms with E-state index in [1.165, 1.54) is 23.1 Å². The zero-order chi connectivity index (χ0) is 20.6. The lowest BCUT2D eigenvalue weighted by Gasteiger charge is -2.09. The first-order chi connectivity index (χ1) is 14.1. The van der Waals surface area contributed by atoms with Crippen molar-refractivity contribution in [3.8, 4) is 0 Å². The van der Waals surface area contributed by atoms with E-state index in [1.807, 2.05) is 35.1 Å². The van der Waals surface area contributed by atoms with Gasteiger partial charge in [-0.05, 0) is 19.1 Å². The summed E-state index contributed by atoms with van der Waals surface area (Å²) in [7, 11) is 0. The number of nitrogens with one attached hydrogen (secondary N) is 2. The van der Waals surface area contributed by atoms with Crippen LogP contribution in [0.15, 0.2) is 53.5 Å². The number of carbonyl (C=O) groups excluding carboxylic acids is 2. The second-order valence-corrected chi connectivity index (χ2v) is 7.78. The Morgan fingerprint density at radius 2 is 2.07 bits per heavy atom. The Labute approximate surface area is 176 Å². The molecular formula is C19H20N6O2S2. The van der Waals surface area contributed by atoms with Gasteiger partial charge in [-0.2, -0.15) is 0 Å². The third kappa shape index (κ3) is 5.75. The average Bonchev–Trinajstić information content (AvgIpc) is 3.31. The first kappa shape index (κ1) is 20.7. The van der Waals surface area contributed by atoms with Gasteiger partial charge < -0.3 is 15.2 Å². The number of amides is 2. The fourth-order valence-corrected chi connectivity index (χ4v) is 3.89. The largest absolute Gasteiger partial charge is 0.345 e. The van der Waals surface area contributed by atoms with Gasteiger partial charge in [-0.1, -0.05) is 36.0 Å². The fraction of sp³-hybridized carbons (Fsp3) is 0.211. The second kappa shape index (κ2) is 9.99. The summed E-state index contributed by atoms with van der Waals surface area (Å²) in [6.07, 6.45) is 1.72. The molecule has 0 atom stereocenters. The molecule has 29 heavy (non-hydrogen) atoms. The van der Waals surface area contributed by atoms with Crippen molar-refractivity contribution in [3.05, 3.63) is 65.4 Å². The molecule has 0 saturated carbocycles. The van der Waals surface area contributed by atoms with E-state index in [0.29, 0.717) is 28.2 Å². The molecule has 1 aromatic carbocycles. The molecule has 0 unspecified atom stereocenters. The van der Waals surface area contributed by atoms with Crippen molar-refractivity contribution in [2.24, 2.45) is 0 Å². The number of thioether (sulfide) groups is 1. The number of allylic oxidation sites excluding steroid dienone is 1. The van der Waals surface area contributed by atoms with Gasteiger partial charge in [0.25, 0.3) is 5.91 Å². The molecule has 0 bridgehead atoms. The van der Waals surface area contributed by atoms with E-state index >= 15 is 0 Å². The molecule has 2 heterocycles. The van der Waals surface area contributed by atoms with Crippen LogP contribution in [0.4, 0.5) is 5.13 Å². The summed E-state index contributed by atoms with van der Waals surface area (Å²) in [5.74, 6) is 0.403. The molecular weight excluding hydrogens is 408 g/mol. The summed E-state index contributed by atoms with van der Waals surface area (Å²) in [4.78, 5) is 28.6. The minimum absolute atomic E-state index is 0.170. The Bertz CT molecular complexity index is 999. The van der Waals surface area contributed by atoms with Gasteiger partial charge in [-0.3, -0.25) is 9.59 Å². The zero-order valence-corrected chi connectivity index (χ0v) is 17.4. The minimum Gasteiger partial charge on any atom is -0.345 e. The highest BCUT2D eigenvalue weighted by molar-refractivity contribution is 7.99. The van der Waals surface area contributed by atoms with Crippen molar-refractivity contribution in [2.45, 2.75) is 25.2 Å². The van der Waals surface area contributed by atoms with Gasteiger partial charge >= 0.3 is 0 Å². The Hall–Kier alpha value is -2.98. The summed E-state index contributed by atoms with van der Waals surface area (Å²) >= 11 is 2.65. The number of hydrogen-bond acceptors (Lipinski definition) is 7. The van der Waals surface area contributed by atoms with Gasteiger partial charge in [-0.25, -0.2) is 4.98 Å². The molecule has 8 nitrogen and oxygen atoms in total. The maximum absolute atomic E-state index is 12.2. The number of thiazole rings is 1. The smallest absolute Gasteiger partial charge is 0.251 e. The van der Waals surface area contributed by atoms with Gasteiger partial charge in [0.05, 0.1) is 18.0 Å². The van der Waals surface area contributed by atoms with Crippen LogP contribution in [0, 0.1) is 6.92 Å². The zero-order valence-electron chi connectivity index (χ0n) is 15.8. The molecule has 0 spiro atoms. The van der Waals surface area contributed by atoms with Crippen molar-refractivity contribution >= 4 is 40.0 Å². The molecule has 2 amide bonds.